The van der Waals surface area contributed by atoms with E-state index in [0.29, 0.717) is 5.56 Å². The number of phenolic OH excluding ortho intramolecular Hbond substituents is 1. The Labute approximate surface area is 93.5 Å². The lowest BCUT2D eigenvalue weighted by Gasteiger charge is -2.14. The summed E-state index contributed by atoms with van der Waals surface area (Å²) >= 11 is 0. The van der Waals surface area contributed by atoms with E-state index in [9.17, 15) is 14.7 Å². The first-order valence-corrected chi connectivity index (χ1v) is 4.56. The lowest BCUT2D eigenvalue weighted by Crippen LogP contribution is -2.41. The average Bonchev–Trinajstić information content (AvgIpc) is 2.19. The quantitative estimate of drug-likeness (QED) is 0.634. The predicted molar refractivity (Wildman–Crippen MR) is 57.5 cm³/mol. The van der Waals surface area contributed by atoms with Gasteiger partial charge in [0.2, 0.25) is 7.85 Å². The molecule has 0 saturated heterocycles. The van der Waals surface area contributed by atoms with Crippen LogP contribution in [-0.4, -0.2) is 35.9 Å². The average molecular weight is 219 g/mol. The zero-order valence-corrected chi connectivity index (χ0v) is 8.38. The van der Waals surface area contributed by atoms with E-state index < -0.39 is 17.8 Å². The SMILES string of the molecule is [B]C(=O)N[C@H](Cc1ccccc1O)C(=O)O. The summed E-state index contributed by atoms with van der Waals surface area (Å²) in [6, 6.07) is 5.16. The third-order valence-electron chi connectivity index (χ3n) is 2.03. The molecule has 0 aliphatic heterocycles. The van der Waals surface area contributed by atoms with Gasteiger partial charge in [-0.2, -0.15) is 0 Å². The Hall–Kier alpha value is -1.98. The van der Waals surface area contributed by atoms with Gasteiger partial charge < -0.3 is 15.5 Å². The fourth-order valence-corrected chi connectivity index (χ4v) is 1.28. The van der Waals surface area contributed by atoms with E-state index in [0.717, 1.165) is 0 Å². The molecule has 1 aromatic carbocycles. The van der Waals surface area contributed by atoms with Crippen LogP contribution in [0.5, 0.6) is 5.75 Å². The number of carbonyl (C=O) groups is 2. The molecule has 1 aromatic rings. The number of hydrogen-bond acceptors (Lipinski definition) is 3. The number of aromatic hydroxyl groups is 1. The van der Waals surface area contributed by atoms with Gasteiger partial charge in [-0.3, -0.25) is 4.79 Å². The van der Waals surface area contributed by atoms with E-state index in [2.05, 4.69) is 5.32 Å². The highest BCUT2D eigenvalue weighted by atomic mass is 16.4. The minimum absolute atomic E-state index is 0.0139. The van der Waals surface area contributed by atoms with Crippen molar-refractivity contribution in [2.75, 3.05) is 0 Å². The van der Waals surface area contributed by atoms with Crippen LogP contribution in [-0.2, 0) is 11.2 Å². The van der Waals surface area contributed by atoms with Crippen LogP contribution in [0.4, 0.5) is 4.79 Å². The third-order valence-corrected chi connectivity index (χ3v) is 2.03. The molecule has 0 saturated carbocycles. The van der Waals surface area contributed by atoms with E-state index in [1.54, 1.807) is 18.2 Å². The number of phenols is 1. The van der Waals surface area contributed by atoms with Crippen molar-refractivity contribution in [1.29, 1.82) is 0 Å². The molecular weight excluding hydrogens is 209 g/mol. The molecule has 82 valence electrons. The molecule has 16 heavy (non-hydrogen) atoms. The van der Waals surface area contributed by atoms with E-state index >= 15 is 0 Å². The number of carbonyl (C=O) groups excluding carboxylic acids is 1. The Morgan fingerprint density at radius 3 is 2.50 bits per heavy atom. The number of hydrogen-bond donors (Lipinski definition) is 3. The highest BCUT2D eigenvalue weighted by Gasteiger charge is 2.19. The fraction of sp³-hybridized carbons (Fsp3) is 0.200. The maximum Gasteiger partial charge on any atom is 0.326 e. The summed E-state index contributed by atoms with van der Waals surface area (Å²) in [5.74, 6) is -2.13. The van der Waals surface area contributed by atoms with Crippen LogP contribution in [0.3, 0.4) is 0 Å². The molecule has 0 spiro atoms. The first-order valence-electron chi connectivity index (χ1n) is 4.56. The largest absolute Gasteiger partial charge is 0.508 e. The molecule has 5 nitrogen and oxygen atoms in total. The van der Waals surface area contributed by atoms with Gasteiger partial charge in [0.05, 0.1) is 0 Å². The molecule has 6 heteroatoms. The summed E-state index contributed by atoms with van der Waals surface area (Å²) in [5.41, 5.74) is 0.434. The smallest absolute Gasteiger partial charge is 0.326 e. The van der Waals surface area contributed by atoms with Crippen molar-refractivity contribution in [3.05, 3.63) is 29.8 Å². The number of amides is 1. The van der Waals surface area contributed by atoms with Crippen LogP contribution in [0.25, 0.3) is 0 Å². The normalized spacial score (nSPS) is 11.8. The zero-order chi connectivity index (χ0) is 12.1. The number of benzene rings is 1. The van der Waals surface area contributed by atoms with Crippen LogP contribution in [0.2, 0.25) is 0 Å². The first kappa shape index (κ1) is 12.1. The molecule has 3 N–H and O–H groups in total. The van der Waals surface area contributed by atoms with Crippen molar-refractivity contribution in [3.63, 3.8) is 0 Å². The fourth-order valence-electron chi connectivity index (χ4n) is 1.28. The van der Waals surface area contributed by atoms with Crippen molar-refractivity contribution < 1.29 is 19.8 Å². The molecule has 2 radical (unpaired) electrons. The molecule has 1 amide bonds. The Morgan fingerprint density at radius 1 is 1.38 bits per heavy atom. The molecule has 0 bridgehead atoms. The molecule has 1 atom stereocenters. The molecule has 0 heterocycles. The summed E-state index contributed by atoms with van der Waals surface area (Å²) in [6.45, 7) is 0. The number of carboxylic acid groups (broad SMARTS) is 1. The van der Waals surface area contributed by atoms with Gasteiger partial charge in [0, 0.05) is 6.42 Å². The maximum atomic E-state index is 10.8. The molecule has 1 rings (SSSR count). The predicted octanol–water partition coefficient (Wildman–Crippen LogP) is 0.266. The summed E-state index contributed by atoms with van der Waals surface area (Å²) in [5, 5.41) is 20.3. The number of aliphatic carboxylic acids is 1. The van der Waals surface area contributed by atoms with Gasteiger partial charge in [-0.1, -0.05) is 18.2 Å². The molecule has 0 aliphatic carbocycles. The molecule has 0 fully saturated rings. The van der Waals surface area contributed by atoms with Crippen molar-refractivity contribution >= 4 is 19.6 Å². The monoisotopic (exact) mass is 219 g/mol. The van der Waals surface area contributed by atoms with Crippen LogP contribution in [0.1, 0.15) is 5.56 Å². The van der Waals surface area contributed by atoms with Crippen LogP contribution < -0.4 is 5.32 Å². The topological polar surface area (TPSA) is 86.6 Å². The number of nitrogens with one attached hydrogen (secondary N) is 1. The molecule has 0 unspecified atom stereocenters. The van der Waals surface area contributed by atoms with Gasteiger partial charge in [0.15, 0.2) is 5.81 Å². The molecular formula is C10H10BNO4. The third kappa shape index (κ3) is 3.31. The number of rotatable bonds is 4. The second kappa shape index (κ2) is 5.20. The van der Waals surface area contributed by atoms with Gasteiger partial charge in [0.25, 0.3) is 0 Å². The highest BCUT2D eigenvalue weighted by molar-refractivity contribution is 6.57. The summed E-state index contributed by atoms with van der Waals surface area (Å²) in [4.78, 5) is 21.4. The van der Waals surface area contributed by atoms with Crippen LogP contribution >= 0.6 is 0 Å². The van der Waals surface area contributed by atoms with Gasteiger partial charge in [0.1, 0.15) is 11.8 Å². The van der Waals surface area contributed by atoms with Crippen molar-refractivity contribution in [2.45, 2.75) is 12.5 Å². The second-order valence-electron chi connectivity index (χ2n) is 3.23. The number of carboxylic acids is 1. The lowest BCUT2D eigenvalue weighted by molar-refractivity contribution is -0.139. The maximum absolute atomic E-state index is 10.8. The highest BCUT2D eigenvalue weighted by Crippen LogP contribution is 2.17. The number of para-hydroxylation sites is 1. The van der Waals surface area contributed by atoms with E-state index in [1.807, 2.05) is 0 Å². The standard InChI is InChI=1S/C10H10BNO4/c11-10(16)12-7(9(14)15)5-6-3-1-2-4-8(6)13/h1-4,7,13H,5H2,(H,12,16)(H,14,15)/t7-/m1/s1. The zero-order valence-electron chi connectivity index (χ0n) is 8.38. The van der Waals surface area contributed by atoms with E-state index in [-0.39, 0.29) is 12.2 Å². The summed E-state index contributed by atoms with van der Waals surface area (Å²) < 4.78 is 0. The van der Waals surface area contributed by atoms with Crippen molar-refractivity contribution in [3.8, 4) is 5.75 Å². The van der Waals surface area contributed by atoms with Crippen molar-refractivity contribution in [1.82, 2.24) is 5.32 Å². The van der Waals surface area contributed by atoms with Gasteiger partial charge in [-0.15, -0.1) is 0 Å². The Bertz CT molecular complexity index is 408. The Balaban J connectivity index is 2.80. The minimum atomic E-state index is -1.21. The summed E-state index contributed by atoms with van der Waals surface area (Å²) in [7, 11) is 4.85. The summed E-state index contributed by atoms with van der Waals surface area (Å²) in [6.07, 6.45) is -0.0229. The first-order chi connectivity index (χ1) is 7.50. The van der Waals surface area contributed by atoms with E-state index in [4.69, 9.17) is 13.0 Å². The van der Waals surface area contributed by atoms with Gasteiger partial charge in [-0.25, -0.2) is 4.79 Å². The Morgan fingerprint density at radius 2 is 2.00 bits per heavy atom. The van der Waals surface area contributed by atoms with Crippen molar-refractivity contribution in [2.24, 2.45) is 0 Å². The van der Waals surface area contributed by atoms with Gasteiger partial charge >= 0.3 is 5.97 Å². The molecule has 0 aromatic heterocycles. The minimum Gasteiger partial charge on any atom is -0.508 e. The van der Waals surface area contributed by atoms with E-state index in [1.165, 1.54) is 6.07 Å². The van der Waals surface area contributed by atoms with Gasteiger partial charge in [-0.05, 0) is 11.6 Å². The molecule has 0 aliphatic rings. The van der Waals surface area contributed by atoms with Crippen LogP contribution in [0.15, 0.2) is 24.3 Å². The van der Waals surface area contributed by atoms with Crippen LogP contribution in [0, 0.1) is 0 Å². The second-order valence-corrected chi connectivity index (χ2v) is 3.23. The lowest BCUT2D eigenvalue weighted by atomic mass is 10.0. The Kier molecular flexibility index (Phi) is 3.93.